The highest BCUT2D eigenvalue weighted by atomic mass is 16.5. The molecule has 0 unspecified atom stereocenters. The smallest absolute Gasteiger partial charge is 0.262 e. The minimum Gasteiger partial charge on any atom is -0.484 e. The molecule has 1 amide bonds. The molecule has 0 aliphatic rings. The lowest BCUT2D eigenvalue weighted by Crippen LogP contribution is -2.20. The largest absolute Gasteiger partial charge is 0.484 e. The lowest BCUT2D eigenvalue weighted by atomic mass is 10.1. The van der Waals surface area contributed by atoms with Crippen molar-refractivity contribution in [2.45, 2.75) is 13.0 Å². The summed E-state index contributed by atoms with van der Waals surface area (Å²) in [4.78, 5) is 11.7. The van der Waals surface area contributed by atoms with Crippen LogP contribution in [0.1, 0.15) is 18.5 Å². The molecule has 2 aromatic carbocycles. The Bertz CT molecular complexity index is 550. The van der Waals surface area contributed by atoms with Gasteiger partial charge in [-0.05, 0) is 36.8 Å². The van der Waals surface area contributed by atoms with Crippen molar-refractivity contribution in [3.63, 3.8) is 0 Å². The van der Waals surface area contributed by atoms with Crippen molar-refractivity contribution in [3.8, 4) is 5.75 Å². The Kier molecular flexibility index (Phi) is 4.74. The Hall–Kier alpha value is -2.33. The molecule has 4 heteroatoms. The van der Waals surface area contributed by atoms with Gasteiger partial charge in [-0.3, -0.25) is 4.79 Å². The number of para-hydroxylation sites is 1. The van der Waals surface area contributed by atoms with Crippen molar-refractivity contribution < 1.29 is 9.53 Å². The molecule has 2 aromatic rings. The molecule has 3 N–H and O–H groups in total. The van der Waals surface area contributed by atoms with Crippen LogP contribution in [-0.2, 0) is 4.79 Å². The van der Waals surface area contributed by atoms with Crippen molar-refractivity contribution in [2.75, 3.05) is 11.9 Å². The number of anilines is 1. The van der Waals surface area contributed by atoms with Gasteiger partial charge in [0.15, 0.2) is 6.61 Å². The first kappa shape index (κ1) is 14.1. The Morgan fingerprint density at radius 3 is 2.40 bits per heavy atom. The van der Waals surface area contributed by atoms with E-state index in [2.05, 4.69) is 5.32 Å². The molecule has 1 atom stereocenters. The van der Waals surface area contributed by atoms with Crippen LogP contribution >= 0.6 is 0 Å². The van der Waals surface area contributed by atoms with E-state index >= 15 is 0 Å². The number of carbonyl (C=O) groups excluding carboxylic acids is 1. The summed E-state index contributed by atoms with van der Waals surface area (Å²) in [5, 5.41) is 2.76. The summed E-state index contributed by atoms with van der Waals surface area (Å²) in [6, 6.07) is 16.7. The fourth-order valence-corrected chi connectivity index (χ4v) is 1.74. The molecule has 2 rings (SSSR count). The molecular weight excluding hydrogens is 252 g/mol. The molecule has 0 saturated carbocycles. The van der Waals surface area contributed by atoms with Crippen LogP contribution in [0.5, 0.6) is 5.75 Å². The molecule has 0 saturated heterocycles. The van der Waals surface area contributed by atoms with E-state index in [0.29, 0.717) is 5.75 Å². The number of nitrogens with two attached hydrogens (primary N) is 1. The molecule has 0 fully saturated rings. The van der Waals surface area contributed by atoms with E-state index in [-0.39, 0.29) is 18.6 Å². The fraction of sp³-hybridized carbons (Fsp3) is 0.188. The number of benzene rings is 2. The lowest BCUT2D eigenvalue weighted by molar-refractivity contribution is -0.118. The molecule has 0 heterocycles. The van der Waals surface area contributed by atoms with Crippen molar-refractivity contribution in [2.24, 2.45) is 5.73 Å². The normalized spacial score (nSPS) is 11.7. The van der Waals surface area contributed by atoms with Crippen LogP contribution in [0.3, 0.4) is 0 Å². The Balaban J connectivity index is 1.84. The Morgan fingerprint density at radius 1 is 1.15 bits per heavy atom. The third-order valence-corrected chi connectivity index (χ3v) is 2.83. The van der Waals surface area contributed by atoms with Gasteiger partial charge in [-0.25, -0.2) is 0 Å². The Labute approximate surface area is 118 Å². The van der Waals surface area contributed by atoms with Gasteiger partial charge in [0.05, 0.1) is 0 Å². The van der Waals surface area contributed by atoms with Crippen LogP contribution in [-0.4, -0.2) is 12.5 Å². The van der Waals surface area contributed by atoms with Crippen LogP contribution in [0, 0.1) is 0 Å². The van der Waals surface area contributed by atoms with Crippen molar-refractivity contribution in [1.82, 2.24) is 0 Å². The summed E-state index contributed by atoms with van der Waals surface area (Å²) < 4.78 is 5.42. The predicted octanol–water partition coefficient (Wildman–Crippen LogP) is 2.72. The summed E-state index contributed by atoms with van der Waals surface area (Å²) in [6.07, 6.45) is 0. The zero-order chi connectivity index (χ0) is 14.4. The molecule has 0 bridgehead atoms. The maximum absolute atomic E-state index is 11.7. The molecule has 0 aromatic heterocycles. The number of hydrogen-bond acceptors (Lipinski definition) is 3. The van der Waals surface area contributed by atoms with Crippen LogP contribution in [0.25, 0.3) is 0 Å². The second-order valence-electron chi connectivity index (χ2n) is 4.56. The second-order valence-corrected chi connectivity index (χ2v) is 4.56. The van der Waals surface area contributed by atoms with E-state index in [1.165, 1.54) is 0 Å². The molecule has 0 radical (unpaired) electrons. The molecule has 0 aliphatic heterocycles. The summed E-state index contributed by atoms with van der Waals surface area (Å²) in [7, 11) is 0. The number of nitrogens with one attached hydrogen (secondary N) is 1. The summed E-state index contributed by atoms with van der Waals surface area (Å²) >= 11 is 0. The first-order valence-electron chi connectivity index (χ1n) is 6.48. The zero-order valence-corrected chi connectivity index (χ0v) is 11.4. The first-order chi connectivity index (χ1) is 9.65. The monoisotopic (exact) mass is 270 g/mol. The predicted molar refractivity (Wildman–Crippen MR) is 79.6 cm³/mol. The first-order valence-corrected chi connectivity index (χ1v) is 6.48. The lowest BCUT2D eigenvalue weighted by Gasteiger charge is -2.09. The van der Waals surface area contributed by atoms with E-state index in [4.69, 9.17) is 10.5 Å². The van der Waals surface area contributed by atoms with Gasteiger partial charge in [0.2, 0.25) is 0 Å². The maximum atomic E-state index is 11.7. The standard InChI is InChI=1S/C16H18N2O2/c1-12(17)13-7-9-15(10-8-13)20-11-16(19)18-14-5-3-2-4-6-14/h2-10,12H,11,17H2,1H3,(H,18,19)/t12-/m1/s1. The zero-order valence-electron chi connectivity index (χ0n) is 11.4. The number of rotatable bonds is 5. The number of amides is 1. The molecular formula is C16H18N2O2. The molecule has 4 nitrogen and oxygen atoms in total. The van der Waals surface area contributed by atoms with Crippen molar-refractivity contribution in [1.29, 1.82) is 0 Å². The maximum Gasteiger partial charge on any atom is 0.262 e. The van der Waals surface area contributed by atoms with Crippen LogP contribution in [0.2, 0.25) is 0 Å². The average Bonchev–Trinajstić information content (AvgIpc) is 2.46. The van der Waals surface area contributed by atoms with Gasteiger partial charge in [0, 0.05) is 11.7 Å². The van der Waals surface area contributed by atoms with Crippen molar-refractivity contribution in [3.05, 3.63) is 60.2 Å². The van der Waals surface area contributed by atoms with E-state index in [1.807, 2.05) is 61.5 Å². The SMILES string of the molecule is C[C@@H](N)c1ccc(OCC(=O)Nc2ccccc2)cc1. The Morgan fingerprint density at radius 2 is 1.80 bits per heavy atom. The quantitative estimate of drug-likeness (QED) is 0.878. The summed E-state index contributed by atoms with van der Waals surface area (Å²) in [5.74, 6) is 0.463. The van der Waals surface area contributed by atoms with Gasteiger partial charge in [-0.2, -0.15) is 0 Å². The highest BCUT2D eigenvalue weighted by molar-refractivity contribution is 5.91. The minimum absolute atomic E-state index is 0.00886. The van der Waals surface area contributed by atoms with E-state index in [9.17, 15) is 4.79 Å². The topological polar surface area (TPSA) is 64.3 Å². The highest BCUT2D eigenvalue weighted by Crippen LogP contribution is 2.16. The van der Waals surface area contributed by atoms with Crippen LogP contribution < -0.4 is 15.8 Å². The third-order valence-electron chi connectivity index (χ3n) is 2.83. The molecule has 20 heavy (non-hydrogen) atoms. The van der Waals surface area contributed by atoms with Gasteiger partial charge in [0.1, 0.15) is 5.75 Å². The van der Waals surface area contributed by atoms with Crippen LogP contribution in [0.15, 0.2) is 54.6 Å². The highest BCUT2D eigenvalue weighted by Gasteiger charge is 2.04. The van der Waals surface area contributed by atoms with E-state index in [1.54, 1.807) is 0 Å². The van der Waals surface area contributed by atoms with E-state index in [0.717, 1.165) is 11.3 Å². The minimum atomic E-state index is -0.188. The molecule has 104 valence electrons. The van der Waals surface area contributed by atoms with Gasteiger partial charge in [-0.1, -0.05) is 30.3 Å². The van der Waals surface area contributed by atoms with Crippen molar-refractivity contribution >= 4 is 11.6 Å². The third kappa shape index (κ3) is 4.10. The number of carbonyl (C=O) groups is 1. The number of hydrogen-bond donors (Lipinski definition) is 2. The van der Waals surface area contributed by atoms with Gasteiger partial charge < -0.3 is 15.8 Å². The van der Waals surface area contributed by atoms with E-state index < -0.39 is 0 Å². The number of ether oxygens (including phenoxy) is 1. The molecule has 0 aliphatic carbocycles. The van der Waals surface area contributed by atoms with Gasteiger partial charge in [-0.15, -0.1) is 0 Å². The average molecular weight is 270 g/mol. The summed E-state index contributed by atoms with van der Waals surface area (Å²) in [5.41, 5.74) is 7.56. The van der Waals surface area contributed by atoms with Crippen LogP contribution in [0.4, 0.5) is 5.69 Å². The fourth-order valence-electron chi connectivity index (χ4n) is 1.74. The second kappa shape index (κ2) is 6.73. The van der Waals surface area contributed by atoms with Gasteiger partial charge in [0.25, 0.3) is 5.91 Å². The van der Waals surface area contributed by atoms with Gasteiger partial charge >= 0.3 is 0 Å². The molecule has 0 spiro atoms. The summed E-state index contributed by atoms with van der Waals surface area (Å²) in [6.45, 7) is 1.90.